The molecule has 2 N–H and O–H groups in total. The topological polar surface area (TPSA) is 69.0 Å². The number of fused-ring (bicyclic) bond motifs is 1. The molecule has 1 aromatic carbocycles. The van der Waals surface area contributed by atoms with Crippen LogP contribution in [0.4, 0.5) is 0 Å². The Bertz CT molecular complexity index is 1030. The largest absolute Gasteiger partial charge is 0.334 e. The summed E-state index contributed by atoms with van der Waals surface area (Å²) in [5.41, 5.74) is 0.813. The van der Waals surface area contributed by atoms with Gasteiger partial charge in [0.1, 0.15) is 0 Å². The van der Waals surface area contributed by atoms with E-state index in [1.54, 1.807) is 41.5 Å². The molecule has 1 amide bonds. The van der Waals surface area contributed by atoms with Gasteiger partial charge in [-0.05, 0) is 56.4 Å². The molecular formula is C17H17N3O2S2. The first-order valence-corrected chi connectivity index (χ1v) is 8.69. The summed E-state index contributed by atoms with van der Waals surface area (Å²) < 4.78 is 0.243. The lowest BCUT2D eigenvalue weighted by Gasteiger charge is -2.24. The molecule has 0 saturated carbocycles. The number of rotatable bonds is 3. The number of aromatic amines is 2. The van der Waals surface area contributed by atoms with Crippen molar-refractivity contribution in [1.82, 2.24) is 14.9 Å². The second-order valence-corrected chi connectivity index (χ2v) is 7.44. The molecular weight excluding hydrogens is 342 g/mol. The normalized spacial score (nSPS) is 12.3. The van der Waals surface area contributed by atoms with Crippen molar-refractivity contribution in [1.29, 1.82) is 0 Å². The van der Waals surface area contributed by atoms with Crippen LogP contribution >= 0.6 is 23.6 Å². The van der Waals surface area contributed by atoms with E-state index in [0.717, 1.165) is 4.88 Å². The van der Waals surface area contributed by atoms with E-state index in [9.17, 15) is 9.59 Å². The second-order valence-electron chi connectivity index (χ2n) is 5.71. The fraction of sp³-hybridized carbons (Fsp3) is 0.235. The summed E-state index contributed by atoms with van der Waals surface area (Å²) in [4.78, 5) is 34.2. The van der Waals surface area contributed by atoms with E-state index in [4.69, 9.17) is 12.2 Å². The van der Waals surface area contributed by atoms with E-state index in [2.05, 4.69) is 16.0 Å². The summed E-state index contributed by atoms with van der Waals surface area (Å²) in [7, 11) is 1.78. The molecule has 1 atom stereocenters. The third-order valence-electron chi connectivity index (χ3n) is 4.06. The van der Waals surface area contributed by atoms with Crippen LogP contribution in [0, 0.1) is 11.7 Å². The van der Waals surface area contributed by atoms with Gasteiger partial charge in [0.25, 0.3) is 11.5 Å². The van der Waals surface area contributed by atoms with Crippen LogP contribution < -0.4 is 5.56 Å². The standard InChI is InChI=1S/C17H17N3O2S2/c1-9-4-7-14(24-9)10(2)20(3)16(22)11-5-6-12-13(8-11)18-17(23)19-15(12)21/h4-8,10H,1-3H3,(H2,18,19,21,23). The van der Waals surface area contributed by atoms with Crippen LogP contribution in [-0.2, 0) is 0 Å². The minimum atomic E-state index is -0.261. The maximum atomic E-state index is 12.8. The number of carbonyl (C=O) groups excluding carboxylic acids is 1. The number of nitrogens with zero attached hydrogens (tertiary/aromatic N) is 1. The maximum Gasteiger partial charge on any atom is 0.259 e. The average Bonchev–Trinajstić information content (AvgIpc) is 2.98. The molecule has 0 aliphatic rings. The van der Waals surface area contributed by atoms with Crippen molar-refractivity contribution in [3.05, 3.63) is 60.8 Å². The highest BCUT2D eigenvalue weighted by Crippen LogP contribution is 2.27. The van der Waals surface area contributed by atoms with Crippen molar-refractivity contribution in [2.75, 3.05) is 7.05 Å². The Kier molecular flexibility index (Phi) is 4.38. The smallest absolute Gasteiger partial charge is 0.259 e. The summed E-state index contributed by atoms with van der Waals surface area (Å²) in [5, 5.41) is 0.477. The van der Waals surface area contributed by atoms with Crippen LogP contribution in [0.15, 0.2) is 35.1 Å². The van der Waals surface area contributed by atoms with E-state index in [0.29, 0.717) is 16.5 Å². The highest BCUT2D eigenvalue weighted by Gasteiger charge is 2.20. The van der Waals surface area contributed by atoms with Gasteiger partial charge in [-0.2, -0.15) is 0 Å². The fourth-order valence-electron chi connectivity index (χ4n) is 2.55. The molecule has 0 spiro atoms. The Morgan fingerprint density at radius 2 is 2.00 bits per heavy atom. The predicted octanol–water partition coefficient (Wildman–Crippen LogP) is 3.79. The minimum Gasteiger partial charge on any atom is -0.334 e. The molecule has 3 rings (SSSR count). The number of aromatic nitrogens is 2. The summed E-state index contributed by atoms with van der Waals surface area (Å²) in [5.74, 6) is -0.102. The number of aryl methyl sites for hydroxylation is 1. The molecule has 0 aliphatic heterocycles. The molecule has 5 nitrogen and oxygen atoms in total. The third kappa shape index (κ3) is 3.05. The van der Waals surface area contributed by atoms with Gasteiger partial charge in [-0.15, -0.1) is 11.3 Å². The van der Waals surface area contributed by atoms with Crippen LogP contribution in [0.25, 0.3) is 10.9 Å². The third-order valence-corrected chi connectivity index (χ3v) is 5.44. The zero-order valence-electron chi connectivity index (χ0n) is 13.5. The van der Waals surface area contributed by atoms with E-state index in [-0.39, 0.29) is 22.3 Å². The van der Waals surface area contributed by atoms with Crippen molar-refractivity contribution in [3.63, 3.8) is 0 Å². The van der Waals surface area contributed by atoms with Gasteiger partial charge in [0, 0.05) is 22.4 Å². The monoisotopic (exact) mass is 359 g/mol. The van der Waals surface area contributed by atoms with Gasteiger partial charge in [-0.1, -0.05) is 0 Å². The lowest BCUT2D eigenvalue weighted by atomic mass is 10.1. The Labute approximate surface area is 148 Å². The quantitative estimate of drug-likeness (QED) is 0.699. The molecule has 2 heterocycles. The highest BCUT2D eigenvalue weighted by molar-refractivity contribution is 7.71. The van der Waals surface area contributed by atoms with Gasteiger partial charge >= 0.3 is 0 Å². The Balaban J connectivity index is 1.96. The number of thiophene rings is 1. The SMILES string of the molecule is Cc1ccc(C(C)N(C)C(=O)c2ccc3c(=O)[nH]c(=S)[nH]c3c2)s1. The number of nitrogens with one attached hydrogen (secondary N) is 2. The summed E-state index contributed by atoms with van der Waals surface area (Å²) >= 11 is 6.67. The van der Waals surface area contributed by atoms with Crippen molar-refractivity contribution in [2.24, 2.45) is 0 Å². The van der Waals surface area contributed by atoms with Gasteiger partial charge in [-0.25, -0.2) is 0 Å². The van der Waals surface area contributed by atoms with Crippen molar-refractivity contribution in [3.8, 4) is 0 Å². The van der Waals surface area contributed by atoms with Crippen molar-refractivity contribution >= 4 is 40.4 Å². The second kappa shape index (κ2) is 6.33. The van der Waals surface area contributed by atoms with Crippen LogP contribution in [0.1, 0.15) is 33.1 Å². The molecule has 24 heavy (non-hydrogen) atoms. The minimum absolute atomic E-state index is 0.0235. The number of amides is 1. The first-order chi connectivity index (χ1) is 11.4. The summed E-state index contributed by atoms with van der Waals surface area (Å²) in [6, 6.07) is 9.05. The zero-order chi connectivity index (χ0) is 17.4. The van der Waals surface area contributed by atoms with Gasteiger partial charge in [0.05, 0.1) is 16.9 Å². The lowest BCUT2D eigenvalue weighted by Crippen LogP contribution is -2.29. The van der Waals surface area contributed by atoms with E-state index in [1.165, 1.54) is 4.88 Å². The van der Waals surface area contributed by atoms with Gasteiger partial charge in [0.15, 0.2) is 4.77 Å². The number of hydrogen-bond donors (Lipinski definition) is 2. The first kappa shape index (κ1) is 16.6. The van der Waals surface area contributed by atoms with Crippen LogP contribution in [0.5, 0.6) is 0 Å². The molecule has 0 saturated heterocycles. The van der Waals surface area contributed by atoms with Crippen LogP contribution in [-0.4, -0.2) is 27.8 Å². The molecule has 3 aromatic rings. The van der Waals surface area contributed by atoms with E-state index in [1.807, 2.05) is 19.9 Å². The van der Waals surface area contributed by atoms with Crippen LogP contribution in [0.3, 0.4) is 0 Å². The fourth-order valence-corrected chi connectivity index (χ4v) is 3.73. The lowest BCUT2D eigenvalue weighted by molar-refractivity contribution is 0.0745. The van der Waals surface area contributed by atoms with Crippen LogP contribution in [0.2, 0.25) is 0 Å². The molecule has 2 aromatic heterocycles. The van der Waals surface area contributed by atoms with Gasteiger partial charge < -0.3 is 9.88 Å². The Hall–Kier alpha value is -2.25. The molecule has 124 valence electrons. The molecule has 0 aliphatic carbocycles. The summed E-state index contributed by atoms with van der Waals surface area (Å²) in [6.45, 7) is 4.05. The maximum absolute atomic E-state index is 12.8. The molecule has 0 bridgehead atoms. The Morgan fingerprint density at radius 1 is 1.25 bits per heavy atom. The van der Waals surface area contributed by atoms with Gasteiger partial charge in [0.2, 0.25) is 0 Å². The predicted molar refractivity (Wildman–Crippen MR) is 99.3 cm³/mol. The highest BCUT2D eigenvalue weighted by atomic mass is 32.1. The average molecular weight is 359 g/mol. The van der Waals surface area contributed by atoms with Crippen molar-refractivity contribution < 1.29 is 4.79 Å². The number of hydrogen-bond acceptors (Lipinski definition) is 4. The molecule has 1 unspecified atom stereocenters. The number of carbonyl (C=O) groups is 1. The van der Waals surface area contributed by atoms with E-state index >= 15 is 0 Å². The number of benzene rings is 1. The summed E-state index contributed by atoms with van der Waals surface area (Å²) in [6.07, 6.45) is 0. The zero-order valence-corrected chi connectivity index (χ0v) is 15.2. The molecule has 0 radical (unpaired) electrons. The Morgan fingerprint density at radius 3 is 2.67 bits per heavy atom. The van der Waals surface area contributed by atoms with E-state index < -0.39 is 0 Å². The molecule has 7 heteroatoms. The van der Waals surface area contributed by atoms with Crippen molar-refractivity contribution in [2.45, 2.75) is 19.9 Å². The first-order valence-electron chi connectivity index (χ1n) is 7.46. The molecule has 0 fully saturated rings. The number of H-pyrrole nitrogens is 2. The van der Waals surface area contributed by atoms with Gasteiger partial charge in [-0.3, -0.25) is 14.6 Å².